The van der Waals surface area contributed by atoms with E-state index in [1.165, 1.54) is 6.08 Å². The number of guanidine groups is 1. The fraction of sp³-hybridized carbons (Fsp3) is 0.594. The molecule has 1 fully saturated rings. The zero-order chi connectivity index (χ0) is 33.4. The number of unbranched alkanes of at least 4 members (excludes halogenated alkanes) is 2. The van der Waals surface area contributed by atoms with E-state index in [0.29, 0.717) is 79.7 Å². The quantitative estimate of drug-likeness (QED) is 0.101. The second kappa shape index (κ2) is 15.6. The van der Waals surface area contributed by atoms with E-state index in [4.69, 9.17) is 24.7 Å². The molecule has 2 atom stereocenters. The molecule has 0 bridgehead atoms. The van der Waals surface area contributed by atoms with Crippen LogP contribution in [0.5, 0.6) is 5.75 Å². The molecule has 13 heteroatoms. The van der Waals surface area contributed by atoms with Crippen LogP contribution in [0.4, 0.5) is 4.79 Å². The van der Waals surface area contributed by atoms with Crippen LogP contribution < -0.4 is 15.8 Å². The van der Waals surface area contributed by atoms with Crippen molar-refractivity contribution in [2.45, 2.75) is 103 Å². The Morgan fingerprint density at radius 3 is 2.60 bits per heavy atom. The molecule has 0 saturated carbocycles. The van der Waals surface area contributed by atoms with Crippen molar-refractivity contribution in [3.05, 3.63) is 41.0 Å². The van der Waals surface area contributed by atoms with E-state index in [1.54, 1.807) is 25.7 Å². The summed E-state index contributed by atoms with van der Waals surface area (Å²) < 4.78 is 54.3. The number of alkyl carbamates (subject to hydrolysis) is 1. The fourth-order valence-electron chi connectivity index (χ4n) is 5.51. The van der Waals surface area contributed by atoms with Crippen molar-refractivity contribution in [2.75, 3.05) is 26.4 Å². The topological polar surface area (TPSA) is 159 Å². The number of nitrogens with zero attached hydrogens (tertiary/aromatic N) is 2. The van der Waals surface area contributed by atoms with E-state index in [9.17, 15) is 18.0 Å². The standard InChI is InChI=1S/C32H48N4O8S/c1-8-19-43-31(38)34-25-14-13-18-36(29(25)42-20-12-10-11-15-26(37)41-9-2)30(33)35-45(39,40)28-22(4)21(3)27-24(23(28)5)16-17-32(6,7)44-27/h8,16-17,25,29H,1,9-15,18-20H2,2-7H3,(H2,33,35)(H,34,38)/t25-,29?/m0/s1. The second-order valence-electron chi connectivity index (χ2n) is 11.8. The molecule has 1 aromatic carbocycles. The number of fused-ring (bicyclic) bond motifs is 1. The summed E-state index contributed by atoms with van der Waals surface area (Å²) in [5, 5.41) is 2.81. The molecule has 0 spiro atoms. The summed E-state index contributed by atoms with van der Waals surface area (Å²) in [4.78, 5) is 25.7. The summed E-state index contributed by atoms with van der Waals surface area (Å²) in [6.45, 7) is 15.5. The summed E-state index contributed by atoms with van der Waals surface area (Å²) >= 11 is 0. The summed E-state index contributed by atoms with van der Waals surface area (Å²) in [6, 6.07) is -0.549. The van der Waals surface area contributed by atoms with Gasteiger partial charge >= 0.3 is 12.1 Å². The molecule has 2 aliphatic heterocycles. The van der Waals surface area contributed by atoms with Gasteiger partial charge in [0.25, 0.3) is 10.0 Å². The van der Waals surface area contributed by atoms with Gasteiger partial charge in [0, 0.05) is 25.1 Å². The summed E-state index contributed by atoms with van der Waals surface area (Å²) in [7, 11) is -4.27. The SMILES string of the molecule is C=CCOC(=O)N[C@H]1CCCN(/C(N)=N/S(=O)(=O)c2c(C)c(C)c3c(c2C)C=CC(C)(C)O3)C1OCCCCCC(=O)OCC. The molecule has 0 aliphatic carbocycles. The number of nitrogens with one attached hydrogen (secondary N) is 1. The first-order valence-electron chi connectivity index (χ1n) is 15.4. The molecule has 0 aromatic heterocycles. The normalized spacial score (nSPS) is 19.3. The molecule has 1 aromatic rings. The van der Waals surface area contributed by atoms with E-state index in [1.807, 2.05) is 32.9 Å². The van der Waals surface area contributed by atoms with E-state index in [-0.39, 0.29) is 30.0 Å². The first kappa shape index (κ1) is 35.9. The van der Waals surface area contributed by atoms with Crippen molar-refractivity contribution in [3.8, 4) is 5.75 Å². The maximum atomic E-state index is 13.9. The Hall–Kier alpha value is -3.58. The Bertz CT molecular complexity index is 1420. The highest BCUT2D eigenvalue weighted by molar-refractivity contribution is 7.90. The largest absolute Gasteiger partial charge is 0.483 e. The van der Waals surface area contributed by atoms with Gasteiger partial charge in [-0.25, -0.2) is 4.79 Å². The molecule has 1 saturated heterocycles. The van der Waals surface area contributed by atoms with Gasteiger partial charge in [-0.1, -0.05) is 25.2 Å². The van der Waals surface area contributed by atoms with Gasteiger partial charge in [0.15, 0.2) is 6.23 Å². The van der Waals surface area contributed by atoms with Crippen LogP contribution in [-0.2, 0) is 29.0 Å². The average molecular weight is 649 g/mol. The van der Waals surface area contributed by atoms with Gasteiger partial charge in [0.1, 0.15) is 18.0 Å². The number of carbonyl (C=O) groups excluding carboxylic acids is 2. The molecular formula is C32H48N4O8S. The number of carbonyl (C=O) groups is 2. The zero-order valence-corrected chi connectivity index (χ0v) is 28.1. The van der Waals surface area contributed by atoms with Crippen LogP contribution in [0, 0.1) is 20.8 Å². The number of amides is 1. The molecule has 3 N–H and O–H groups in total. The minimum atomic E-state index is -4.27. The van der Waals surface area contributed by atoms with Crippen LogP contribution in [0.15, 0.2) is 28.0 Å². The lowest BCUT2D eigenvalue weighted by molar-refractivity contribution is -0.143. The van der Waals surface area contributed by atoms with Gasteiger partial charge in [0.05, 0.1) is 17.5 Å². The Morgan fingerprint density at radius 2 is 1.91 bits per heavy atom. The maximum absolute atomic E-state index is 13.9. The molecule has 3 rings (SSSR count). The first-order valence-corrected chi connectivity index (χ1v) is 16.9. The minimum Gasteiger partial charge on any atom is -0.483 e. The third-order valence-corrected chi connectivity index (χ3v) is 9.39. The molecule has 12 nitrogen and oxygen atoms in total. The molecule has 1 amide bonds. The number of ether oxygens (including phenoxy) is 4. The number of benzene rings is 1. The molecule has 45 heavy (non-hydrogen) atoms. The number of rotatable bonds is 13. The lowest BCUT2D eigenvalue weighted by Gasteiger charge is -2.41. The number of sulfonamides is 1. The average Bonchev–Trinajstić information content (AvgIpc) is 2.96. The predicted octanol–water partition coefficient (Wildman–Crippen LogP) is 4.64. The van der Waals surface area contributed by atoms with Crippen molar-refractivity contribution in [2.24, 2.45) is 10.1 Å². The summed E-state index contributed by atoms with van der Waals surface area (Å²) in [5.41, 5.74) is 8.37. The first-order chi connectivity index (χ1) is 21.2. The number of likely N-dealkylation sites (tertiary alicyclic amines) is 1. The van der Waals surface area contributed by atoms with Crippen LogP contribution >= 0.6 is 0 Å². The minimum absolute atomic E-state index is 0.0344. The molecule has 0 radical (unpaired) electrons. The molecule has 250 valence electrons. The lowest BCUT2D eigenvalue weighted by atomic mass is 9.94. The van der Waals surface area contributed by atoms with E-state index < -0.39 is 34.0 Å². The molecule has 1 unspecified atom stereocenters. The van der Waals surface area contributed by atoms with Crippen molar-refractivity contribution >= 4 is 34.1 Å². The number of hydrogen-bond acceptors (Lipinski definition) is 8. The smallest absolute Gasteiger partial charge is 0.407 e. The summed E-state index contributed by atoms with van der Waals surface area (Å²) in [5.74, 6) is 0.170. The van der Waals surface area contributed by atoms with Gasteiger partial charge in [-0.3, -0.25) is 4.79 Å². The van der Waals surface area contributed by atoms with E-state index in [0.717, 1.165) is 0 Å². The van der Waals surface area contributed by atoms with E-state index >= 15 is 0 Å². The number of piperidine rings is 1. The van der Waals surface area contributed by atoms with Gasteiger partial charge < -0.3 is 34.9 Å². The third kappa shape index (κ3) is 9.23. The van der Waals surface area contributed by atoms with Crippen LogP contribution in [0.3, 0.4) is 0 Å². The van der Waals surface area contributed by atoms with Crippen molar-refractivity contribution in [1.29, 1.82) is 0 Å². The van der Waals surface area contributed by atoms with Crippen LogP contribution in [0.25, 0.3) is 6.08 Å². The highest BCUT2D eigenvalue weighted by atomic mass is 32.2. The highest BCUT2D eigenvalue weighted by Gasteiger charge is 2.37. The number of nitrogens with two attached hydrogens (primary N) is 1. The number of esters is 1. The van der Waals surface area contributed by atoms with Crippen molar-refractivity contribution in [3.63, 3.8) is 0 Å². The monoisotopic (exact) mass is 648 g/mol. The third-order valence-electron chi connectivity index (χ3n) is 7.84. The summed E-state index contributed by atoms with van der Waals surface area (Å²) in [6.07, 6.45) is 7.25. The maximum Gasteiger partial charge on any atom is 0.407 e. The molecular weight excluding hydrogens is 600 g/mol. The Morgan fingerprint density at radius 1 is 1.18 bits per heavy atom. The van der Waals surface area contributed by atoms with Crippen LogP contribution in [0.2, 0.25) is 0 Å². The fourth-order valence-corrected chi connectivity index (χ4v) is 6.99. The van der Waals surface area contributed by atoms with Crippen molar-refractivity contribution in [1.82, 2.24) is 10.2 Å². The molecule has 2 heterocycles. The Balaban J connectivity index is 1.87. The van der Waals surface area contributed by atoms with Crippen LogP contribution in [-0.4, -0.2) is 75.6 Å². The van der Waals surface area contributed by atoms with Gasteiger partial charge in [-0.05, 0) is 90.0 Å². The number of hydrogen-bond donors (Lipinski definition) is 2. The zero-order valence-electron chi connectivity index (χ0n) is 27.3. The Labute approximate surface area is 267 Å². The van der Waals surface area contributed by atoms with Crippen molar-refractivity contribution < 1.29 is 37.0 Å². The van der Waals surface area contributed by atoms with Crippen LogP contribution in [0.1, 0.15) is 81.5 Å². The predicted molar refractivity (Wildman–Crippen MR) is 172 cm³/mol. The van der Waals surface area contributed by atoms with Gasteiger partial charge in [-0.15, -0.1) is 4.40 Å². The second-order valence-corrected chi connectivity index (χ2v) is 13.3. The molecule has 2 aliphatic rings. The highest BCUT2D eigenvalue weighted by Crippen LogP contribution is 2.41. The van der Waals surface area contributed by atoms with Gasteiger partial charge in [0.2, 0.25) is 5.96 Å². The van der Waals surface area contributed by atoms with Gasteiger partial charge in [-0.2, -0.15) is 8.42 Å². The Kier molecular flexibility index (Phi) is 12.5. The lowest BCUT2D eigenvalue weighted by Crippen LogP contribution is -2.60. The van der Waals surface area contributed by atoms with E-state index in [2.05, 4.69) is 16.3 Å².